The van der Waals surface area contributed by atoms with Crippen molar-refractivity contribution in [1.29, 1.82) is 0 Å². The largest absolute Gasteiger partial charge is 0.482 e. The van der Waals surface area contributed by atoms with E-state index in [0.29, 0.717) is 53.2 Å². The van der Waals surface area contributed by atoms with Gasteiger partial charge in [0.1, 0.15) is 17.1 Å². The van der Waals surface area contributed by atoms with E-state index in [1.54, 1.807) is 74.5 Å². The molecular formula is C40H44O9. The number of rotatable bonds is 18. The molecule has 1 aliphatic rings. The molecule has 0 fully saturated rings. The zero-order valence-corrected chi connectivity index (χ0v) is 28.6. The summed E-state index contributed by atoms with van der Waals surface area (Å²) in [5, 5.41) is 0. The van der Waals surface area contributed by atoms with E-state index >= 15 is 0 Å². The molecule has 0 aromatic heterocycles. The predicted molar refractivity (Wildman–Crippen MR) is 185 cm³/mol. The van der Waals surface area contributed by atoms with Gasteiger partial charge in [-0.2, -0.15) is 0 Å². The van der Waals surface area contributed by atoms with Crippen LogP contribution in [0.1, 0.15) is 79.7 Å². The quantitative estimate of drug-likeness (QED) is 0.102. The van der Waals surface area contributed by atoms with Crippen LogP contribution in [-0.2, 0) is 23.8 Å². The Morgan fingerprint density at radius 1 is 0.612 bits per heavy atom. The van der Waals surface area contributed by atoms with Crippen molar-refractivity contribution < 1.29 is 42.9 Å². The summed E-state index contributed by atoms with van der Waals surface area (Å²) < 4.78 is 28.1. The molecular weight excluding hydrogens is 624 g/mol. The average Bonchev–Trinajstić information content (AvgIpc) is 3.10. The highest BCUT2D eigenvalue weighted by molar-refractivity contribution is 6.10. The molecule has 0 radical (unpaired) electrons. The third-order valence-electron chi connectivity index (χ3n) is 7.79. The van der Waals surface area contributed by atoms with Crippen molar-refractivity contribution in [3.8, 4) is 11.5 Å². The first-order valence-electron chi connectivity index (χ1n) is 16.4. The lowest BCUT2D eigenvalue weighted by molar-refractivity contribution is -0.161. The first-order valence-corrected chi connectivity index (χ1v) is 16.4. The van der Waals surface area contributed by atoms with Crippen molar-refractivity contribution in [1.82, 2.24) is 0 Å². The minimum Gasteiger partial charge on any atom is -0.482 e. The number of Topliss-reactive ketones (excluding diaryl/α,β-unsaturated/α-hetero) is 1. The predicted octanol–water partition coefficient (Wildman–Crippen LogP) is 7.27. The highest BCUT2D eigenvalue weighted by Crippen LogP contribution is 2.22. The van der Waals surface area contributed by atoms with Crippen LogP contribution in [0.4, 0.5) is 0 Å². The van der Waals surface area contributed by atoms with E-state index in [-0.39, 0.29) is 31.4 Å². The van der Waals surface area contributed by atoms with Crippen LogP contribution in [0.25, 0.3) is 0 Å². The van der Waals surface area contributed by atoms with E-state index in [0.717, 1.165) is 12.8 Å². The molecule has 0 bridgehead atoms. The average molecular weight is 669 g/mol. The molecule has 9 heteroatoms. The van der Waals surface area contributed by atoms with Gasteiger partial charge in [-0.05, 0) is 89.1 Å². The van der Waals surface area contributed by atoms with Crippen LogP contribution < -0.4 is 9.47 Å². The summed E-state index contributed by atoms with van der Waals surface area (Å²) in [6.07, 6.45) is 8.45. The molecule has 0 amide bonds. The SMILES string of the molecule is CC(C)(CCOC(=O)COc1ccc(C(=O)C2=CCCC=C2)cc1)OCCC(C)(C)OC(=O)COc1ccc(C(=O)c2ccccc2)cc1. The number of allylic oxidation sites excluding steroid dienone is 4. The summed E-state index contributed by atoms with van der Waals surface area (Å²) in [5.41, 5.74) is 0.964. The Hall–Kier alpha value is -5.02. The number of carbonyl (C=O) groups is 4. The van der Waals surface area contributed by atoms with Crippen molar-refractivity contribution in [2.24, 2.45) is 0 Å². The van der Waals surface area contributed by atoms with Gasteiger partial charge in [-0.25, -0.2) is 9.59 Å². The Balaban J connectivity index is 1.09. The molecule has 0 spiro atoms. The number of hydrogen-bond acceptors (Lipinski definition) is 9. The maximum Gasteiger partial charge on any atom is 0.344 e. The molecule has 3 aromatic rings. The molecule has 258 valence electrons. The zero-order valence-electron chi connectivity index (χ0n) is 28.6. The van der Waals surface area contributed by atoms with Gasteiger partial charge < -0.3 is 23.7 Å². The van der Waals surface area contributed by atoms with Gasteiger partial charge in [-0.1, -0.05) is 48.6 Å². The second-order valence-corrected chi connectivity index (χ2v) is 12.9. The summed E-state index contributed by atoms with van der Waals surface area (Å²) >= 11 is 0. The highest BCUT2D eigenvalue weighted by Gasteiger charge is 2.26. The molecule has 1 aliphatic carbocycles. The number of ketones is 2. The number of hydrogen-bond donors (Lipinski definition) is 0. The van der Waals surface area contributed by atoms with Crippen molar-refractivity contribution >= 4 is 23.5 Å². The summed E-state index contributed by atoms with van der Waals surface area (Å²) in [7, 11) is 0. The molecule has 4 rings (SSSR count). The zero-order chi connectivity index (χ0) is 35.3. The van der Waals surface area contributed by atoms with E-state index in [1.807, 2.05) is 50.3 Å². The van der Waals surface area contributed by atoms with E-state index in [9.17, 15) is 19.2 Å². The number of ether oxygens (including phenoxy) is 5. The second kappa shape index (κ2) is 17.4. The lowest BCUT2D eigenvalue weighted by Crippen LogP contribution is -2.34. The van der Waals surface area contributed by atoms with Gasteiger partial charge in [0.2, 0.25) is 0 Å². The maximum absolute atomic E-state index is 12.6. The summed E-state index contributed by atoms with van der Waals surface area (Å²) in [6.45, 7) is 7.30. The minimum absolute atomic E-state index is 0.0421. The van der Waals surface area contributed by atoms with E-state index in [1.165, 1.54) is 0 Å². The number of esters is 2. The van der Waals surface area contributed by atoms with E-state index in [2.05, 4.69) is 0 Å². The summed E-state index contributed by atoms with van der Waals surface area (Å²) in [4.78, 5) is 49.9. The van der Waals surface area contributed by atoms with E-state index in [4.69, 9.17) is 23.7 Å². The number of benzene rings is 3. The molecule has 0 saturated carbocycles. The van der Waals surface area contributed by atoms with Crippen LogP contribution in [0.2, 0.25) is 0 Å². The van der Waals surface area contributed by atoms with Crippen LogP contribution in [0.5, 0.6) is 11.5 Å². The normalized spacial score (nSPS) is 12.9. The Kier molecular flexibility index (Phi) is 13.1. The fourth-order valence-electron chi connectivity index (χ4n) is 4.88. The molecule has 0 N–H and O–H groups in total. The molecule has 0 unspecified atom stereocenters. The van der Waals surface area contributed by atoms with Gasteiger partial charge >= 0.3 is 11.9 Å². The van der Waals surface area contributed by atoms with Gasteiger partial charge in [-0.15, -0.1) is 0 Å². The van der Waals surface area contributed by atoms with Crippen LogP contribution in [0.15, 0.2) is 103 Å². The van der Waals surface area contributed by atoms with Gasteiger partial charge in [0.05, 0.1) is 18.8 Å². The van der Waals surface area contributed by atoms with Gasteiger partial charge in [0.25, 0.3) is 0 Å². The smallest absolute Gasteiger partial charge is 0.344 e. The fraction of sp³-hybridized carbons (Fsp3) is 0.350. The first kappa shape index (κ1) is 36.8. The molecule has 0 heterocycles. The standard InChI is InChI=1S/C40H44O9/c1-39(2,23-25-45-35(41)27-46-33-19-15-31(16-20-33)37(43)29-11-7-5-8-12-29)48-26-24-40(3,4)49-36(42)28-47-34-21-17-32(18-22-34)38(44)30-13-9-6-10-14-30/h6-7,9-22H,5,8,23-28H2,1-4H3. The van der Waals surface area contributed by atoms with Crippen molar-refractivity contribution in [3.63, 3.8) is 0 Å². The topological polar surface area (TPSA) is 114 Å². The third kappa shape index (κ3) is 12.2. The molecule has 3 aromatic carbocycles. The van der Waals surface area contributed by atoms with Crippen LogP contribution in [-0.4, -0.2) is 61.1 Å². The Morgan fingerprint density at radius 2 is 1.16 bits per heavy atom. The molecule has 9 nitrogen and oxygen atoms in total. The Morgan fingerprint density at radius 3 is 1.76 bits per heavy atom. The summed E-state index contributed by atoms with van der Waals surface area (Å²) in [5.74, 6) is -0.263. The number of carbonyl (C=O) groups excluding carboxylic acids is 4. The van der Waals surface area contributed by atoms with Crippen molar-refractivity contribution in [3.05, 3.63) is 119 Å². The Bertz CT molecular complexity index is 1630. The molecule has 0 saturated heterocycles. The Labute approximate surface area is 287 Å². The van der Waals surface area contributed by atoms with Crippen LogP contribution >= 0.6 is 0 Å². The van der Waals surface area contributed by atoms with Crippen LogP contribution in [0, 0.1) is 0 Å². The molecule has 0 aliphatic heterocycles. The lowest BCUT2D eigenvalue weighted by atomic mass is 9.98. The minimum atomic E-state index is -0.804. The van der Waals surface area contributed by atoms with Crippen molar-refractivity contribution in [2.75, 3.05) is 26.4 Å². The summed E-state index contributed by atoms with van der Waals surface area (Å²) in [6, 6.07) is 22.3. The monoisotopic (exact) mass is 668 g/mol. The lowest BCUT2D eigenvalue weighted by Gasteiger charge is -2.29. The second-order valence-electron chi connectivity index (χ2n) is 12.9. The maximum atomic E-state index is 12.6. The molecule has 49 heavy (non-hydrogen) atoms. The van der Waals surface area contributed by atoms with E-state index < -0.39 is 23.1 Å². The highest BCUT2D eigenvalue weighted by atomic mass is 16.6. The van der Waals surface area contributed by atoms with Gasteiger partial charge in [-0.3, -0.25) is 9.59 Å². The molecule has 0 atom stereocenters. The van der Waals surface area contributed by atoms with Gasteiger partial charge in [0.15, 0.2) is 24.8 Å². The van der Waals surface area contributed by atoms with Gasteiger partial charge in [0, 0.05) is 35.1 Å². The van der Waals surface area contributed by atoms with Crippen molar-refractivity contribution in [2.45, 2.75) is 64.6 Å². The first-order chi connectivity index (χ1) is 23.4. The van der Waals surface area contributed by atoms with Crippen LogP contribution in [0.3, 0.4) is 0 Å². The third-order valence-corrected chi connectivity index (χ3v) is 7.79. The fourth-order valence-corrected chi connectivity index (χ4v) is 4.88.